The molecule has 3 N–H and O–H groups in total. The second-order valence-electron chi connectivity index (χ2n) is 8.44. The largest absolute Gasteiger partial charge is 0.487 e. The van der Waals surface area contributed by atoms with Gasteiger partial charge in [0.15, 0.2) is 0 Å². The number of carbonyl (C=O) groups is 2. The van der Waals surface area contributed by atoms with Gasteiger partial charge in [-0.3, -0.25) is 4.79 Å². The zero-order chi connectivity index (χ0) is 23.2. The molecule has 3 amide bonds. The molecule has 168 valence electrons. The fraction of sp³-hybridized carbons (Fsp3) is 0.192. The number of fused-ring (bicyclic) bond motifs is 4. The molecule has 1 saturated carbocycles. The molecule has 0 bridgehead atoms. The predicted octanol–water partition coefficient (Wildman–Crippen LogP) is 3.79. The number of amides is 3. The Morgan fingerprint density at radius 3 is 3.00 bits per heavy atom. The van der Waals surface area contributed by atoms with Gasteiger partial charge in [0.05, 0.1) is 12.0 Å². The van der Waals surface area contributed by atoms with E-state index in [9.17, 15) is 9.59 Å². The van der Waals surface area contributed by atoms with Gasteiger partial charge in [0.2, 0.25) is 5.91 Å². The van der Waals surface area contributed by atoms with Gasteiger partial charge in [-0.25, -0.2) is 9.78 Å². The third kappa shape index (κ3) is 3.57. The van der Waals surface area contributed by atoms with E-state index in [0.717, 1.165) is 16.9 Å². The van der Waals surface area contributed by atoms with E-state index in [1.165, 1.54) is 0 Å². The lowest BCUT2D eigenvalue weighted by Gasteiger charge is -2.19. The molecule has 1 unspecified atom stereocenters. The topological polar surface area (TPSA) is 102 Å². The van der Waals surface area contributed by atoms with Crippen LogP contribution in [0.1, 0.15) is 29.0 Å². The fourth-order valence-electron chi connectivity index (χ4n) is 4.56. The Labute approximate surface area is 195 Å². The molecule has 3 heterocycles. The van der Waals surface area contributed by atoms with Gasteiger partial charge in [-0.05, 0) is 48.9 Å². The monoisotopic (exact) mass is 452 g/mol. The van der Waals surface area contributed by atoms with Crippen LogP contribution in [-0.2, 0) is 11.2 Å². The van der Waals surface area contributed by atoms with Crippen molar-refractivity contribution in [2.45, 2.75) is 30.9 Å². The van der Waals surface area contributed by atoms with Crippen LogP contribution in [0.25, 0.3) is 0 Å². The quantitative estimate of drug-likeness (QED) is 0.523. The van der Waals surface area contributed by atoms with E-state index in [1.807, 2.05) is 18.2 Å². The number of hydrogen-bond donors (Lipinski definition) is 3. The third-order valence-corrected chi connectivity index (χ3v) is 6.24. The molecule has 0 radical (unpaired) electrons. The van der Waals surface area contributed by atoms with Gasteiger partial charge in [0.25, 0.3) is 0 Å². The number of anilines is 2. The normalized spacial score (nSPS) is 21.0. The van der Waals surface area contributed by atoms with Crippen LogP contribution < -0.4 is 25.4 Å². The number of nitrogens with zero attached hydrogens (tertiary/aromatic N) is 1. The van der Waals surface area contributed by atoms with Gasteiger partial charge < -0.3 is 25.4 Å². The first kappa shape index (κ1) is 20.1. The summed E-state index contributed by atoms with van der Waals surface area (Å²) in [4.78, 5) is 28.4. The van der Waals surface area contributed by atoms with Gasteiger partial charge in [0, 0.05) is 35.0 Å². The number of rotatable bonds is 4. The van der Waals surface area contributed by atoms with E-state index in [-0.39, 0.29) is 30.0 Å². The van der Waals surface area contributed by atoms with Crippen molar-refractivity contribution in [3.05, 3.63) is 71.4 Å². The zero-order valence-electron chi connectivity index (χ0n) is 18.0. The summed E-state index contributed by atoms with van der Waals surface area (Å²) in [6.45, 7) is 0. The molecule has 3 aromatic rings. The number of ether oxygens (including phenoxy) is 2. The number of urea groups is 1. The summed E-state index contributed by atoms with van der Waals surface area (Å²) < 4.78 is 12.2. The average Bonchev–Trinajstić information content (AvgIpc) is 3.35. The van der Waals surface area contributed by atoms with Crippen molar-refractivity contribution >= 4 is 23.4 Å². The summed E-state index contributed by atoms with van der Waals surface area (Å²) in [5, 5.41) is 8.58. The van der Waals surface area contributed by atoms with Crippen LogP contribution in [0.4, 0.5) is 16.3 Å². The molecule has 3 atom stereocenters. The highest BCUT2D eigenvalue weighted by Gasteiger charge is 2.59. The van der Waals surface area contributed by atoms with Gasteiger partial charge in [-0.15, -0.1) is 6.42 Å². The van der Waals surface area contributed by atoms with Crippen molar-refractivity contribution < 1.29 is 19.1 Å². The Hall–Kier alpha value is -4.51. The number of terminal acetylenes is 1. The minimum atomic E-state index is -0.309. The SMILES string of the molecule is C#Cc1cccc(NC(=O)NC2[C@H]3Oc4ccc(Oc5ccnc6c5CCC(=O)N6)cc4[C@@H]23)c1. The molecular weight excluding hydrogens is 432 g/mol. The van der Waals surface area contributed by atoms with E-state index in [0.29, 0.717) is 41.4 Å². The zero-order valence-corrected chi connectivity index (χ0v) is 18.0. The predicted molar refractivity (Wildman–Crippen MR) is 125 cm³/mol. The minimum Gasteiger partial charge on any atom is -0.487 e. The molecule has 6 rings (SSSR count). The first-order valence-corrected chi connectivity index (χ1v) is 11.0. The van der Waals surface area contributed by atoms with Crippen LogP contribution >= 0.6 is 0 Å². The molecule has 34 heavy (non-hydrogen) atoms. The first-order valence-electron chi connectivity index (χ1n) is 11.0. The fourth-order valence-corrected chi connectivity index (χ4v) is 4.56. The number of nitrogens with one attached hydrogen (secondary N) is 3. The van der Waals surface area contributed by atoms with Gasteiger partial charge in [-0.1, -0.05) is 12.0 Å². The third-order valence-electron chi connectivity index (χ3n) is 6.24. The highest BCUT2D eigenvalue weighted by atomic mass is 16.5. The van der Waals surface area contributed by atoms with E-state index in [1.54, 1.807) is 36.5 Å². The summed E-state index contributed by atoms with van der Waals surface area (Å²) in [6.07, 6.45) is 7.92. The Morgan fingerprint density at radius 2 is 2.12 bits per heavy atom. The lowest BCUT2D eigenvalue weighted by Crippen LogP contribution is -2.34. The number of hydrogen-bond acceptors (Lipinski definition) is 5. The van der Waals surface area contributed by atoms with E-state index in [4.69, 9.17) is 15.9 Å². The first-order chi connectivity index (χ1) is 16.6. The molecule has 1 aliphatic carbocycles. The summed E-state index contributed by atoms with van der Waals surface area (Å²) in [6, 6.07) is 14.2. The van der Waals surface area contributed by atoms with Crippen molar-refractivity contribution in [3.8, 4) is 29.6 Å². The molecule has 1 fully saturated rings. The number of aromatic nitrogens is 1. The van der Waals surface area contributed by atoms with Crippen molar-refractivity contribution in [1.82, 2.24) is 10.3 Å². The maximum atomic E-state index is 12.5. The molecular formula is C26H20N4O4. The number of benzene rings is 2. The number of carbonyl (C=O) groups excluding carboxylic acids is 2. The van der Waals surface area contributed by atoms with Gasteiger partial charge in [-0.2, -0.15) is 0 Å². The second kappa shape index (κ2) is 7.81. The lowest BCUT2D eigenvalue weighted by molar-refractivity contribution is -0.116. The van der Waals surface area contributed by atoms with Gasteiger partial charge >= 0.3 is 6.03 Å². The Bertz CT molecular complexity index is 1380. The number of pyridine rings is 1. The molecule has 0 saturated heterocycles. The summed E-state index contributed by atoms with van der Waals surface area (Å²) in [5.41, 5.74) is 3.21. The molecule has 3 aliphatic rings. The molecule has 8 nitrogen and oxygen atoms in total. The summed E-state index contributed by atoms with van der Waals surface area (Å²) in [5.74, 6) is 5.24. The molecule has 0 spiro atoms. The Morgan fingerprint density at radius 1 is 1.21 bits per heavy atom. The highest BCUT2D eigenvalue weighted by molar-refractivity contribution is 5.93. The smallest absolute Gasteiger partial charge is 0.319 e. The maximum Gasteiger partial charge on any atom is 0.319 e. The molecule has 2 aliphatic heterocycles. The van der Waals surface area contributed by atoms with Gasteiger partial charge in [0.1, 0.15) is 29.2 Å². The van der Waals surface area contributed by atoms with Crippen molar-refractivity contribution in [3.63, 3.8) is 0 Å². The molecule has 1 aromatic heterocycles. The van der Waals surface area contributed by atoms with Crippen LogP contribution in [0, 0.1) is 12.3 Å². The Balaban J connectivity index is 1.14. The van der Waals surface area contributed by atoms with Crippen LogP contribution in [-0.4, -0.2) is 29.1 Å². The highest BCUT2D eigenvalue weighted by Crippen LogP contribution is 2.54. The molecule has 8 heteroatoms. The summed E-state index contributed by atoms with van der Waals surface area (Å²) in [7, 11) is 0. The van der Waals surface area contributed by atoms with Crippen molar-refractivity contribution in [2.75, 3.05) is 10.6 Å². The molecule has 2 aromatic carbocycles. The van der Waals surface area contributed by atoms with E-state index >= 15 is 0 Å². The van der Waals surface area contributed by atoms with Crippen molar-refractivity contribution in [2.24, 2.45) is 0 Å². The summed E-state index contributed by atoms with van der Waals surface area (Å²) >= 11 is 0. The van der Waals surface area contributed by atoms with Crippen LogP contribution in [0.15, 0.2) is 54.7 Å². The van der Waals surface area contributed by atoms with E-state index < -0.39 is 0 Å². The maximum absolute atomic E-state index is 12.5. The van der Waals surface area contributed by atoms with E-state index in [2.05, 4.69) is 26.9 Å². The van der Waals surface area contributed by atoms with Crippen LogP contribution in [0.5, 0.6) is 17.2 Å². The van der Waals surface area contributed by atoms with Crippen molar-refractivity contribution in [1.29, 1.82) is 0 Å². The second-order valence-corrected chi connectivity index (χ2v) is 8.44. The standard InChI is InChI=1S/C26H20N4O4/c1-2-14-4-3-5-15(12-14)28-26(32)30-23-22-18-13-16(6-8-19(18)34-24(22)23)33-20-10-11-27-25-17(20)7-9-21(31)29-25/h1,3-6,8,10-13,22-24H,7,9H2,(H,27,29,31)(H2,28,30,32)/t22-,23?,24-/m0/s1. The van der Waals surface area contributed by atoms with Crippen LogP contribution in [0.3, 0.4) is 0 Å². The Kier molecular flexibility index (Phi) is 4.62. The lowest BCUT2D eigenvalue weighted by atomic mass is 10.1. The minimum absolute atomic E-state index is 0.0436. The average molecular weight is 452 g/mol. The van der Waals surface area contributed by atoms with Crippen LogP contribution in [0.2, 0.25) is 0 Å².